The predicted molar refractivity (Wildman–Crippen MR) is 124 cm³/mol. The van der Waals surface area contributed by atoms with Crippen LogP contribution in [0.15, 0.2) is 67.0 Å². The van der Waals surface area contributed by atoms with Crippen LogP contribution in [-0.2, 0) is 12.8 Å². The Morgan fingerprint density at radius 3 is 2.47 bits per heavy atom. The van der Waals surface area contributed by atoms with Crippen LogP contribution in [0.25, 0.3) is 11.3 Å². The number of rotatable bonds is 9. The van der Waals surface area contributed by atoms with Gasteiger partial charge in [-0.1, -0.05) is 36.4 Å². The second-order valence-corrected chi connectivity index (χ2v) is 7.42. The molecule has 7 nitrogen and oxygen atoms in total. The first-order chi connectivity index (χ1) is 15.7. The first-order valence-electron chi connectivity index (χ1n) is 10.5. The monoisotopic (exact) mass is 424 g/mol. The van der Waals surface area contributed by atoms with E-state index in [-0.39, 0.29) is 5.69 Å². The molecule has 160 valence electrons. The van der Waals surface area contributed by atoms with Crippen molar-refractivity contribution >= 4 is 11.6 Å². The normalized spacial score (nSPS) is 10.5. The predicted octanol–water partition coefficient (Wildman–Crippen LogP) is 5.06. The van der Waals surface area contributed by atoms with Crippen LogP contribution in [0.5, 0.6) is 5.75 Å². The second kappa shape index (κ2) is 10.2. The van der Waals surface area contributed by atoms with Gasteiger partial charge in [-0.2, -0.15) is 10.4 Å². The summed E-state index contributed by atoms with van der Waals surface area (Å²) >= 11 is 0. The molecule has 0 radical (unpaired) electrons. The molecule has 0 saturated carbocycles. The lowest BCUT2D eigenvalue weighted by atomic mass is 10.0. The lowest BCUT2D eigenvalue weighted by Crippen LogP contribution is -1.95. The summed E-state index contributed by atoms with van der Waals surface area (Å²) in [4.78, 5) is 8.15. The van der Waals surface area contributed by atoms with Crippen LogP contribution in [-0.4, -0.2) is 27.3 Å². The highest BCUT2D eigenvalue weighted by Crippen LogP contribution is 2.31. The number of unbranched alkanes of at least 4 members (excludes halogenated alkanes) is 1. The first-order valence-corrected chi connectivity index (χ1v) is 10.5. The minimum absolute atomic E-state index is 0.267. The summed E-state index contributed by atoms with van der Waals surface area (Å²) in [6.07, 6.45) is 7.31. The van der Waals surface area contributed by atoms with Crippen molar-refractivity contribution in [3.8, 4) is 23.1 Å². The van der Waals surface area contributed by atoms with E-state index < -0.39 is 0 Å². The molecule has 32 heavy (non-hydrogen) atoms. The van der Waals surface area contributed by atoms with Gasteiger partial charge >= 0.3 is 0 Å². The van der Waals surface area contributed by atoms with Gasteiger partial charge < -0.3 is 10.1 Å². The van der Waals surface area contributed by atoms with Crippen LogP contribution in [0.1, 0.15) is 29.7 Å². The average molecular weight is 425 g/mol. The number of hydrogen-bond acceptors (Lipinski definition) is 6. The van der Waals surface area contributed by atoms with E-state index in [2.05, 4.69) is 74.0 Å². The van der Waals surface area contributed by atoms with Crippen LogP contribution in [0.3, 0.4) is 0 Å². The fraction of sp³-hybridized carbons (Fsp3) is 0.200. The second-order valence-electron chi connectivity index (χ2n) is 7.42. The Morgan fingerprint density at radius 1 is 0.938 bits per heavy atom. The number of aromatic nitrogens is 4. The molecule has 0 saturated heterocycles. The van der Waals surface area contributed by atoms with E-state index in [1.165, 1.54) is 23.5 Å². The van der Waals surface area contributed by atoms with E-state index in [4.69, 9.17) is 10.00 Å². The van der Waals surface area contributed by atoms with Crippen molar-refractivity contribution in [3.63, 3.8) is 0 Å². The van der Waals surface area contributed by atoms with Crippen LogP contribution >= 0.6 is 0 Å². The molecule has 4 aromatic rings. The molecule has 0 spiro atoms. The number of ether oxygens (including phenoxy) is 1. The molecule has 0 fully saturated rings. The van der Waals surface area contributed by atoms with Crippen LogP contribution in [0.2, 0.25) is 0 Å². The minimum atomic E-state index is 0.267. The van der Waals surface area contributed by atoms with Gasteiger partial charge in [-0.05, 0) is 48.9 Å². The SMILES string of the molecule is COc1cc(CCCCc2ccccc2)ccc1-c1cc(Nc2cnc(C#N)cn2)n[nH]1. The van der Waals surface area contributed by atoms with Gasteiger partial charge in [-0.3, -0.25) is 5.10 Å². The van der Waals surface area contributed by atoms with Crippen molar-refractivity contribution in [2.75, 3.05) is 12.4 Å². The Labute approximate surface area is 187 Å². The number of methoxy groups -OCH3 is 1. The van der Waals surface area contributed by atoms with Gasteiger partial charge in [0, 0.05) is 11.6 Å². The molecule has 2 heterocycles. The van der Waals surface area contributed by atoms with E-state index >= 15 is 0 Å². The van der Waals surface area contributed by atoms with Crippen molar-refractivity contribution in [1.82, 2.24) is 20.2 Å². The molecule has 0 amide bonds. The molecular formula is C25H24N6O. The van der Waals surface area contributed by atoms with Gasteiger partial charge in [0.05, 0.1) is 25.2 Å². The zero-order valence-electron chi connectivity index (χ0n) is 17.9. The molecule has 0 atom stereocenters. The maximum Gasteiger partial charge on any atom is 0.158 e. The number of nitrogens with zero attached hydrogens (tertiary/aromatic N) is 4. The fourth-order valence-electron chi connectivity index (χ4n) is 3.52. The van der Waals surface area contributed by atoms with Gasteiger partial charge in [0.25, 0.3) is 0 Å². The largest absolute Gasteiger partial charge is 0.496 e. The maximum absolute atomic E-state index is 8.82. The van der Waals surface area contributed by atoms with E-state index in [0.29, 0.717) is 11.6 Å². The van der Waals surface area contributed by atoms with Crippen molar-refractivity contribution in [3.05, 3.63) is 83.8 Å². The quantitative estimate of drug-likeness (QED) is 0.365. The van der Waals surface area contributed by atoms with Crippen LogP contribution in [0.4, 0.5) is 11.6 Å². The fourth-order valence-corrected chi connectivity index (χ4v) is 3.52. The summed E-state index contributed by atoms with van der Waals surface area (Å²) in [5.74, 6) is 1.92. The van der Waals surface area contributed by atoms with Gasteiger partial charge in [0.15, 0.2) is 11.5 Å². The van der Waals surface area contributed by atoms with Crippen molar-refractivity contribution in [2.24, 2.45) is 0 Å². The molecule has 0 aliphatic rings. The minimum Gasteiger partial charge on any atom is -0.496 e. The molecule has 4 rings (SSSR count). The number of aromatic amines is 1. The molecular weight excluding hydrogens is 400 g/mol. The topological polar surface area (TPSA) is 99.5 Å². The third-order valence-electron chi connectivity index (χ3n) is 5.18. The number of anilines is 2. The Morgan fingerprint density at radius 2 is 1.75 bits per heavy atom. The molecule has 0 aliphatic carbocycles. The molecule has 7 heteroatoms. The number of nitriles is 1. The molecule has 2 aromatic carbocycles. The number of hydrogen-bond donors (Lipinski definition) is 2. The summed E-state index contributed by atoms with van der Waals surface area (Å²) in [7, 11) is 1.68. The Bertz CT molecular complexity index is 1200. The first kappa shape index (κ1) is 21.1. The van der Waals surface area contributed by atoms with Gasteiger partial charge in [-0.15, -0.1) is 0 Å². The van der Waals surface area contributed by atoms with Gasteiger partial charge in [-0.25, -0.2) is 9.97 Å². The maximum atomic E-state index is 8.82. The molecule has 0 bridgehead atoms. The van der Waals surface area contributed by atoms with Crippen molar-refractivity contribution < 1.29 is 4.74 Å². The smallest absolute Gasteiger partial charge is 0.158 e. The summed E-state index contributed by atoms with van der Waals surface area (Å²) in [5, 5.41) is 19.2. The lowest BCUT2D eigenvalue weighted by molar-refractivity contribution is 0.415. The molecule has 2 N–H and O–H groups in total. The van der Waals surface area contributed by atoms with Gasteiger partial charge in [0.2, 0.25) is 0 Å². The zero-order valence-corrected chi connectivity index (χ0v) is 17.9. The number of H-pyrrole nitrogens is 1. The highest BCUT2D eigenvalue weighted by Gasteiger charge is 2.11. The van der Waals surface area contributed by atoms with Crippen molar-refractivity contribution in [2.45, 2.75) is 25.7 Å². The zero-order chi connectivity index (χ0) is 22.2. The third-order valence-corrected chi connectivity index (χ3v) is 5.18. The Balaban J connectivity index is 1.38. The standard InChI is InChI=1S/C25H24N6O/c1-32-23-13-19(10-6-5-9-18-7-3-2-4-8-18)11-12-21(23)22-14-24(31-30-22)29-25-17-27-20(15-26)16-28-25/h2-4,7-8,11-14,16-17H,5-6,9-10H2,1H3,(H2,28,29,30,31). The highest BCUT2D eigenvalue weighted by molar-refractivity contribution is 5.71. The Kier molecular flexibility index (Phi) is 6.73. The summed E-state index contributed by atoms with van der Waals surface area (Å²) in [5.41, 5.74) is 4.68. The Hall–Kier alpha value is -4.18. The summed E-state index contributed by atoms with van der Waals surface area (Å²) in [6.45, 7) is 0. The van der Waals surface area contributed by atoms with Crippen molar-refractivity contribution in [1.29, 1.82) is 5.26 Å². The number of nitrogens with one attached hydrogen (secondary N) is 2. The average Bonchev–Trinajstić information content (AvgIpc) is 3.31. The highest BCUT2D eigenvalue weighted by atomic mass is 16.5. The molecule has 0 aliphatic heterocycles. The van der Waals surface area contributed by atoms with Crippen LogP contribution in [0, 0.1) is 11.3 Å². The van der Waals surface area contributed by atoms with E-state index in [1.807, 2.05) is 12.1 Å². The third kappa shape index (κ3) is 5.29. The lowest BCUT2D eigenvalue weighted by Gasteiger charge is -2.10. The summed E-state index contributed by atoms with van der Waals surface area (Å²) < 4.78 is 5.65. The van der Waals surface area contributed by atoms with E-state index in [1.54, 1.807) is 7.11 Å². The van der Waals surface area contributed by atoms with E-state index in [9.17, 15) is 0 Å². The van der Waals surface area contributed by atoms with E-state index in [0.717, 1.165) is 42.7 Å². The number of benzene rings is 2. The van der Waals surface area contributed by atoms with Gasteiger partial charge in [0.1, 0.15) is 17.6 Å². The number of aryl methyl sites for hydroxylation is 2. The molecule has 2 aromatic heterocycles. The summed E-state index contributed by atoms with van der Waals surface area (Å²) in [6, 6.07) is 20.7. The van der Waals surface area contributed by atoms with Crippen LogP contribution < -0.4 is 10.1 Å². The molecule has 0 unspecified atom stereocenters.